The molecule has 1 aromatic heterocycles. The van der Waals surface area contributed by atoms with Gasteiger partial charge in [0.1, 0.15) is 5.75 Å². The summed E-state index contributed by atoms with van der Waals surface area (Å²) in [6.45, 7) is 0. The third kappa shape index (κ3) is 1.88. The van der Waals surface area contributed by atoms with Gasteiger partial charge in [-0.1, -0.05) is 18.2 Å². The minimum absolute atomic E-state index is 0.419. The Morgan fingerprint density at radius 3 is 2.58 bits per heavy atom. The molecule has 1 fully saturated rings. The molecule has 96 valence electrons. The van der Waals surface area contributed by atoms with E-state index < -0.39 is 0 Å². The highest BCUT2D eigenvalue weighted by atomic mass is 16.5. The van der Waals surface area contributed by atoms with Crippen molar-refractivity contribution in [3.63, 3.8) is 0 Å². The molecule has 1 heterocycles. The van der Waals surface area contributed by atoms with Crippen LogP contribution >= 0.6 is 0 Å². The van der Waals surface area contributed by atoms with E-state index in [0.717, 1.165) is 5.75 Å². The van der Waals surface area contributed by atoms with Crippen molar-refractivity contribution < 1.29 is 4.74 Å². The van der Waals surface area contributed by atoms with Crippen molar-refractivity contribution in [3.05, 3.63) is 42.5 Å². The van der Waals surface area contributed by atoms with E-state index in [9.17, 15) is 0 Å². The van der Waals surface area contributed by atoms with E-state index in [-0.39, 0.29) is 0 Å². The topological polar surface area (TPSA) is 25.0 Å². The van der Waals surface area contributed by atoms with Crippen molar-refractivity contribution in [3.8, 4) is 5.75 Å². The lowest BCUT2D eigenvalue weighted by atomic mass is 10.1. The fourth-order valence-corrected chi connectivity index (χ4v) is 3.10. The third-order valence-corrected chi connectivity index (χ3v) is 4.08. The molecular formula is C17H17NO. The smallest absolute Gasteiger partial charge is 0.120 e. The van der Waals surface area contributed by atoms with Crippen molar-refractivity contribution in [2.24, 2.45) is 0 Å². The van der Waals surface area contributed by atoms with Gasteiger partial charge >= 0.3 is 0 Å². The number of rotatable bonds is 2. The Labute approximate surface area is 112 Å². The summed E-state index contributed by atoms with van der Waals surface area (Å²) in [5, 5.41) is 2.53. The Balaban J connectivity index is 1.78. The van der Waals surface area contributed by atoms with E-state index >= 15 is 0 Å². The summed E-state index contributed by atoms with van der Waals surface area (Å²) < 4.78 is 6.09. The highest BCUT2D eigenvalue weighted by molar-refractivity contribution is 6.07. The molecule has 19 heavy (non-hydrogen) atoms. The standard InChI is InChI=1S/C17H17NO/c1-2-6-12(5-1)19-13-9-10-17-15(11-13)14-7-3-4-8-16(14)18-17/h3-4,7-12,18H,1-2,5-6H2. The van der Waals surface area contributed by atoms with E-state index in [4.69, 9.17) is 4.74 Å². The zero-order chi connectivity index (χ0) is 12.7. The second kappa shape index (κ2) is 4.30. The Bertz CT molecular complexity index is 722. The van der Waals surface area contributed by atoms with Crippen LogP contribution in [0.1, 0.15) is 25.7 Å². The van der Waals surface area contributed by atoms with Crippen molar-refractivity contribution in [2.75, 3.05) is 0 Å². The number of nitrogens with one attached hydrogen (secondary N) is 1. The molecule has 2 aromatic carbocycles. The summed E-state index contributed by atoms with van der Waals surface area (Å²) in [7, 11) is 0. The van der Waals surface area contributed by atoms with Gasteiger partial charge in [-0.3, -0.25) is 0 Å². The predicted molar refractivity (Wildman–Crippen MR) is 78.7 cm³/mol. The second-order valence-electron chi connectivity index (χ2n) is 5.40. The van der Waals surface area contributed by atoms with Crippen LogP contribution in [0.5, 0.6) is 5.75 Å². The number of hydrogen-bond acceptors (Lipinski definition) is 1. The van der Waals surface area contributed by atoms with Crippen molar-refractivity contribution in [1.29, 1.82) is 0 Å². The zero-order valence-corrected chi connectivity index (χ0v) is 10.9. The third-order valence-electron chi connectivity index (χ3n) is 4.08. The fourth-order valence-electron chi connectivity index (χ4n) is 3.10. The Kier molecular flexibility index (Phi) is 2.47. The Morgan fingerprint density at radius 2 is 1.68 bits per heavy atom. The normalized spacial score (nSPS) is 16.4. The maximum absolute atomic E-state index is 6.09. The average molecular weight is 251 g/mol. The van der Waals surface area contributed by atoms with Gasteiger partial charge in [-0.05, 0) is 49.9 Å². The number of hydrogen-bond donors (Lipinski definition) is 1. The molecule has 0 saturated heterocycles. The molecule has 0 aliphatic heterocycles. The lowest BCUT2D eigenvalue weighted by molar-refractivity contribution is 0.210. The van der Waals surface area contributed by atoms with Crippen LogP contribution in [0.25, 0.3) is 21.8 Å². The summed E-state index contributed by atoms with van der Waals surface area (Å²) >= 11 is 0. The molecule has 1 aliphatic rings. The molecule has 0 radical (unpaired) electrons. The first-order valence-electron chi connectivity index (χ1n) is 7.07. The number of aromatic amines is 1. The first-order chi connectivity index (χ1) is 9.40. The maximum atomic E-state index is 6.09. The van der Waals surface area contributed by atoms with Crippen LogP contribution in [0.4, 0.5) is 0 Å². The summed E-state index contributed by atoms with van der Waals surface area (Å²) in [6.07, 6.45) is 5.43. The van der Waals surface area contributed by atoms with E-state index in [0.29, 0.717) is 6.10 Å². The largest absolute Gasteiger partial charge is 0.490 e. The molecule has 1 aliphatic carbocycles. The monoisotopic (exact) mass is 251 g/mol. The first-order valence-corrected chi connectivity index (χ1v) is 7.07. The maximum Gasteiger partial charge on any atom is 0.120 e. The number of para-hydroxylation sites is 1. The zero-order valence-electron chi connectivity index (χ0n) is 10.9. The summed E-state index contributed by atoms with van der Waals surface area (Å²) in [5.74, 6) is 1.00. The van der Waals surface area contributed by atoms with Crippen molar-refractivity contribution >= 4 is 21.8 Å². The van der Waals surface area contributed by atoms with Gasteiger partial charge < -0.3 is 9.72 Å². The summed E-state index contributed by atoms with van der Waals surface area (Å²) in [5.41, 5.74) is 2.37. The second-order valence-corrected chi connectivity index (χ2v) is 5.40. The number of aromatic nitrogens is 1. The van der Waals surface area contributed by atoms with Crippen molar-refractivity contribution in [1.82, 2.24) is 4.98 Å². The van der Waals surface area contributed by atoms with Crippen LogP contribution in [-0.4, -0.2) is 11.1 Å². The van der Waals surface area contributed by atoms with E-state index in [1.54, 1.807) is 0 Å². The SMILES string of the molecule is c1ccc2c(c1)[nH]c1ccc(OC3CCCC3)cc12. The lowest BCUT2D eigenvalue weighted by Gasteiger charge is -2.12. The summed E-state index contributed by atoms with van der Waals surface area (Å²) in [6, 6.07) is 14.8. The number of H-pyrrole nitrogens is 1. The van der Waals surface area contributed by atoms with Gasteiger partial charge in [0, 0.05) is 21.8 Å². The lowest BCUT2D eigenvalue weighted by Crippen LogP contribution is -2.10. The number of ether oxygens (including phenoxy) is 1. The number of fused-ring (bicyclic) bond motifs is 3. The Hall–Kier alpha value is -1.96. The van der Waals surface area contributed by atoms with Crippen LogP contribution < -0.4 is 4.74 Å². The Morgan fingerprint density at radius 1 is 0.895 bits per heavy atom. The highest BCUT2D eigenvalue weighted by Crippen LogP contribution is 2.30. The van der Waals surface area contributed by atoms with Crippen LogP contribution in [0.2, 0.25) is 0 Å². The summed E-state index contributed by atoms with van der Waals surface area (Å²) in [4.78, 5) is 3.44. The fraction of sp³-hybridized carbons (Fsp3) is 0.294. The molecule has 0 spiro atoms. The van der Waals surface area contributed by atoms with Gasteiger partial charge in [-0.2, -0.15) is 0 Å². The van der Waals surface area contributed by atoms with E-state index in [1.165, 1.54) is 47.5 Å². The minimum Gasteiger partial charge on any atom is -0.490 e. The van der Waals surface area contributed by atoms with Crippen LogP contribution in [-0.2, 0) is 0 Å². The van der Waals surface area contributed by atoms with Crippen LogP contribution in [0, 0.1) is 0 Å². The van der Waals surface area contributed by atoms with Crippen molar-refractivity contribution in [2.45, 2.75) is 31.8 Å². The molecule has 2 nitrogen and oxygen atoms in total. The van der Waals surface area contributed by atoms with Gasteiger partial charge in [-0.25, -0.2) is 0 Å². The van der Waals surface area contributed by atoms with Gasteiger partial charge in [0.05, 0.1) is 6.10 Å². The molecule has 3 aromatic rings. The van der Waals surface area contributed by atoms with Gasteiger partial charge in [0.2, 0.25) is 0 Å². The van der Waals surface area contributed by atoms with E-state index in [2.05, 4.69) is 47.4 Å². The highest BCUT2D eigenvalue weighted by Gasteiger charge is 2.16. The molecule has 0 unspecified atom stereocenters. The molecule has 0 atom stereocenters. The molecule has 2 heteroatoms. The molecule has 1 saturated carbocycles. The molecule has 0 amide bonds. The number of benzene rings is 2. The van der Waals surface area contributed by atoms with E-state index in [1.807, 2.05) is 0 Å². The molecule has 4 rings (SSSR count). The van der Waals surface area contributed by atoms with Crippen LogP contribution in [0.15, 0.2) is 42.5 Å². The van der Waals surface area contributed by atoms with Crippen LogP contribution in [0.3, 0.4) is 0 Å². The van der Waals surface area contributed by atoms with Gasteiger partial charge in [-0.15, -0.1) is 0 Å². The minimum atomic E-state index is 0.419. The molecule has 0 bridgehead atoms. The first kappa shape index (κ1) is 10.9. The van der Waals surface area contributed by atoms with Gasteiger partial charge in [0.25, 0.3) is 0 Å². The quantitative estimate of drug-likeness (QED) is 0.705. The molecule has 1 N–H and O–H groups in total. The molecular weight excluding hydrogens is 234 g/mol. The predicted octanol–water partition coefficient (Wildman–Crippen LogP) is 4.64. The average Bonchev–Trinajstić information content (AvgIpc) is 3.06. The van der Waals surface area contributed by atoms with Gasteiger partial charge in [0.15, 0.2) is 0 Å².